The topological polar surface area (TPSA) is 9.23 Å². The van der Waals surface area contributed by atoms with Gasteiger partial charge in [0.05, 0.1) is 6.10 Å². The summed E-state index contributed by atoms with van der Waals surface area (Å²) >= 11 is 0. The smallest absolute Gasteiger partial charge is 0.194 e. The van der Waals surface area contributed by atoms with E-state index in [1.165, 1.54) is 44.9 Å². The van der Waals surface area contributed by atoms with E-state index in [2.05, 4.69) is 6.92 Å². The second-order valence-corrected chi connectivity index (χ2v) is 8.63. The number of unbranched alkanes of at least 4 members (excludes halogenated alkanes) is 1. The van der Waals surface area contributed by atoms with Crippen molar-refractivity contribution in [3.05, 3.63) is 35.1 Å². The SMILES string of the molecule is CCCCC1CCC(COC2CCC(c3cc(F)c(F)c(F)c3)CC2)CC1. The molecule has 0 aromatic heterocycles. The summed E-state index contributed by atoms with van der Waals surface area (Å²) in [6.45, 7) is 3.12. The molecule has 0 radical (unpaired) electrons. The zero-order chi connectivity index (χ0) is 19.2. The zero-order valence-electron chi connectivity index (χ0n) is 16.5. The predicted molar refractivity (Wildman–Crippen MR) is 102 cm³/mol. The molecule has 0 bridgehead atoms. The molecule has 0 atom stereocenters. The zero-order valence-corrected chi connectivity index (χ0v) is 16.5. The van der Waals surface area contributed by atoms with Crippen LogP contribution in [0.4, 0.5) is 13.2 Å². The monoisotopic (exact) mass is 382 g/mol. The minimum Gasteiger partial charge on any atom is -0.378 e. The van der Waals surface area contributed by atoms with Crippen LogP contribution in [-0.2, 0) is 4.74 Å². The number of rotatable bonds is 7. The summed E-state index contributed by atoms with van der Waals surface area (Å²) in [7, 11) is 0. The van der Waals surface area contributed by atoms with Crippen molar-refractivity contribution in [3.63, 3.8) is 0 Å². The summed E-state index contributed by atoms with van der Waals surface area (Å²) < 4.78 is 46.2. The second-order valence-electron chi connectivity index (χ2n) is 8.63. The molecule has 2 saturated carbocycles. The molecule has 3 rings (SSSR count). The Balaban J connectivity index is 1.38. The Kier molecular flexibility index (Phi) is 7.63. The van der Waals surface area contributed by atoms with Crippen molar-refractivity contribution in [1.82, 2.24) is 0 Å². The van der Waals surface area contributed by atoms with Gasteiger partial charge in [0.1, 0.15) is 0 Å². The van der Waals surface area contributed by atoms with Gasteiger partial charge in [0, 0.05) is 6.61 Å². The summed E-state index contributed by atoms with van der Waals surface area (Å²) in [6, 6.07) is 2.31. The number of benzene rings is 1. The van der Waals surface area contributed by atoms with E-state index < -0.39 is 17.5 Å². The molecule has 0 aliphatic heterocycles. The Labute approximate surface area is 161 Å². The highest BCUT2D eigenvalue weighted by Gasteiger charge is 2.26. The maximum Gasteiger partial charge on any atom is 0.194 e. The molecule has 1 aromatic carbocycles. The van der Waals surface area contributed by atoms with Crippen molar-refractivity contribution in [2.75, 3.05) is 6.61 Å². The van der Waals surface area contributed by atoms with Crippen LogP contribution in [-0.4, -0.2) is 12.7 Å². The Morgan fingerprint density at radius 3 is 2.04 bits per heavy atom. The molecule has 0 N–H and O–H groups in total. The van der Waals surface area contributed by atoms with Crippen LogP contribution in [0.5, 0.6) is 0 Å². The first-order valence-corrected chi connectivity index (χ1v) is 10.8. The first-order chi connectivity index (χ1) is 13.1. The summed E-state index contributed by atoms with van der Waals surface area (Å²) in [5.41, 5.74) is 0.579. The maximum absolute atomic E-state index is 13.5. The van der Waals surface area contributed by atoms with Gasteiger partial charge in [0.25, 0.3) is 0 Å². The molecule has 2 fully saturated rings. The average molecular weight is 383 g/mol. The molecule has 0 unspecified atom stereocenters. The van der Waals surface area contributed by atoms with Gasteiger partial charge in [0.2, 0.25) is 0 Å². The van der Waals surface area contributed by atoms with E-state index in [-0.39, 0.29) is 12.0 Å². The molecule has 0 heterocycles. The van der Waals surface area contributed by atoms with Gasteiger partial charge >= 0.3 is 0 Å². The molecule has 1 aromatic rings. The lowest BCUT2D eigenvalue weighted by molar-refractivity contribution is -0.00485. The Bertz CT molecular complexity index is 564. The molecular weight excluding hydrogens is 349 g/mol. The van der Waals surface area contributed by atoms with Crippen LogP contribution in [0.1, 0.15) is 89.0 Å². The highest BCUT2D eigenvalue weighted by molar-refractivity contribution is 5.23. The Morgan fingerprint density at radius 2 is 1.44 bits per heavy atom. The summed E-state index contributed by atoms with van der Waals surface area (Å²) in [5, 5.41) is 0. The predicted octanol–water partition coefficient (Wildman–Crippen LogP) is 7.14. The van der Waals surface area contributed by atoms with Gasteiger partial charge in [-0.15, -0.1) is 0 Å². The molecule has 27 heavy (non-hydrogen) atoms. The molecule has 0 spiro atoms. The lowest BCUT2D eigenvalue weighted by atomic mass is 9.80. The van der Waals surface area contributed by atoms with Gasteiger partial charge in [-0.1, -0.05) is 39.0 Å². The quantitative estimate of drug-likeness (QED) is 0.455. The largest absolute Gasteiger partial charge is 0.378 e. The van der Waals surface area contributed by atoms with E-state index >= 15 is 0 Å². The minimum atomic E-state index is -1.37. The second kappa shape index (κ2) is 9.95. The van der Waals surface area contributed by atoms with Gasteiger partial charge < -0.3 is 4.74 Å². The number of halogens is 3. The molecule has 2 aliphatic rings. The highest BCUT2D eigenvalue weighted by atomic mass is 19.2. The van der Waals surface area contributed by atoms with Crippen molar-refractivity contribution >= 4 is 0 Å². The van der Waals surface area contributed by atoms with E-state index in [9.17, 15) is 13.2 Å². The van der Waals surface area contributed by atoms with Crippen molar-refractivity contribution in [2.24, 2.45) is 11.8 Å². The van der Waals surface area contributed by atoms with Gasteiger partial charge in [0.15, 0.2) is 17.5 Å². The van der Waals surface area contributed by atoms with E-state index in [0.29, 0.717) is 11.5 Å². The average Bonchev–Trinajstić information content (AvgIpc) is 2.69. The maximum atomic E-state index is 13.5. The van der Waals surface area contributed by atoms with E-state index in [0.717, 1.165) is 50.3 Å². The van der Waals surface area contributed by atoms with Gasteiger partial charge in [-0.3, -0.25) is 0 Å². The Hall–Kier alpha value is -1.03. The van der Waals surface area contributed by atoms with Gasteiger partial charge in [-0.05, 0) is 74.0 Å². The summed E-state index contributed by atoms with van der Waals surface area (Å²) in [4.78, 5) is 0. The third-order valence-electron chi connectivity index (χ3n) is 6.65. The molecule has 1 nitrogen and oxygen atoms in total. The van der Waals surface area contributed by atoms with Gasteiger partial charge in [-0.25, -0.2) is 13.2 Å². The summed E-state index contributed by atoms with van der Waals surface area (Å²) in [5.74, 6) is -1.83. The first-order valence-electron chi connectivity index (χ1n) is 10.8. The van der Waals surface area contributed by atoms with Crippen LogP contribution in [0.25, 0.3) is 0 Å². The fourth-order valence-corrected chi connectivity index (χ4v) is 4.83. The van der Waals surface area contributed by atoms with Crippen molar-refractivity contribution in [3.8, 4) is 0 Å². The number of ether oxygens (including phenoxy) is 1. The molecule has 2 aliphatic carbocycles. The molecule has 0 amide bonds. The first kappa shape index (κ1) is 20.7. The third-order valence-corrected chi connectivity index (χ3v) is 6.65. The van der Waals surface area contributed by atoms with Crippen LogP contribution >= 0.6 is 0 Å². The fourth-order valence-electron chi connectivity index (χ4n) is 4.83. The van der Waals surface area contributed by atoms with Gasteiger partial charge in [-0.2, -0.15) is 0 Å². The lowest BCUT2D eigenvalue weighted by Gasteiger charge is -2.32. The third kappa shape index (κ3) is 5.73. The fraction of sp³-hybridized carbons (Fsp3) is 0.739. The standard InChI is InChI=1S/C23H33F3O/c1-2-3-4-16-5-7-17(8-6-16)15-27-20-11-9-18(10-12-20)19-13-21(24)23(26)22(25)14-19/h13-14,16-18,20H,2-12,15H2,1H3. The van der Waals surface area contributed by atoms with Crippen LogP contribution in [0.2, 0.25) is 0 Å². The molecule has 4 heteroatoms. The summed E-state index contributed by atoms with van der Waals surface area (Å²) in [6.07, 6.45) is 13.1. The van der Waals surface area contributed by atoms with E-state index in [1.807, 2.05) is 0 Å². The van der Waals surface area contributed by atoms with E-state index in [4.69, 9.17) is 4.74 Å². The molecular formula is C23H33F3O. The van der Waals surface area contributed by atoms with Crippen LogP contribution < -0.4 is 0 Å². The highest BCUT2D eigenvalue weighted by Crippen LogP contribution is 2.36. The van der Waals surface area contributed by atoms with Crippen LogP contribution in [0.15, 0.2) is 12.1 Å². The van der Waals surface area contributed by atoms with E-state index in [1.54, 1.807) is 0 Å². The molecule has 0 saturated heterocycles. The van der Waals surface area contributed by atoms with Crippen molar-refractivity contribution < 1.29 is 17.9 Å². The normalized spacial score (nSPS) is 29.0. The minimum absolute atomic E-state index is 0.100. The van der Waals surface area contributed by atoms with Crippen molar-refractivity contribution in [2.45, 2.75) is 89.6 Å². The van der Waals surface area contributed by atoms with Crippen LogP contribution in [0.3, 0.4) is 0 Å². The Morgan fingerprint density at radius 1 is 0.852 bits per heavy atom. The van der Waals surface area contributed by atoms with Crippen molar-refractivity contribution in [1.29, 1.82) is 0 Å². The lowest BCUT2D eigenvalue weighted by Crippen LogP contribution is -2.25. The molecule has 152 valence electrons. The van der Waals surface area contributed by atoms with Crippen LogP contribution in [0, 0.1) is 29.3 Å². The number of hydrogen-bond acceptors (Lipinski definition) is 1. The number of hydrogen-bond donors (Lipinski definition) is 0.